The van der Waals surface area contributed by atoms with Gasteiger partial charge in [0.05, 0.1) is 11.3 Å². The first-order valence-corrected chi connectivity index (χ1v) is 6.36. The zero-order valence-corrected chi connectivity index (χ0v) is 12.8. The third-order valence-corrected chi connectivity index (χ3v) is 2.82. The second kappa shape index (κ2) is 5.95. The molecule has 0 spiro atoms. The van der Waals surface area contributed by atoms with E-state index in [0.717, 1.165) is 0 Å². The van der Waals surface area contributed by atoms with E-state index in [1.807, 2.05) is 0 Å². The molecule has 1 aromatic rings. The van der Waals surface area contributed by atoms with Gasteiger partial charge in [-0.1, -0.05) is 0 Å². The number of ether oxygens (including phenoxy) is 1. The monoisotopic (exact) mass is 293 g/mol. The first kappa shape index (κ1) is 16.7. The summed E-state index contributed by atoms with van der Waals surface area (Å²) in [5.74, 6) is -1.17. The maximum Gasteiger partial charge on any atom is 0.414 e. The number of hydrogen-bond donors (Lipinski definition) is 1. The Morgan fingerprint density at radius 1 is 1.29 bits per heavy atom. The van der Waals surface area contributed by atoms with Gasteiger partial charge in [-0.25, -0.2) is 9.59 Å². The minimum atomic E-state index is -1.17. The van der Waals surface area contributed by atoms with Crippen LogP contribution in [0, 0.1) is 6.92 Å². The largest absolute Gasteiger partial charge is 0.478 e. The lowest BCUT2D eigenvalue weighted by Crippen LogP contribution is -2.34. The number of rotatable bonds is 3. The van der Waals surface area contributed by atoms with Crippen molar-refractivity contribution < 1.29 is 24.2 Å². The fourth-order valence-corrected chi connectivity index (χ4v) is 1.74. The lowest BCUT2D eigenvalue weighted by Gasteiger charge is -2.26. The summed E-state index contributed by atoms with van der Waals surface area (Å²) >= 11 is 0. The van der Waals surface area contributed by atoms with Crippen molar-refractivity contribution >= 4 is 24.0 Å². The van der Waals surface area contributed by atoms with Gasteiger partial charge in [0.25, 0.3) is 0 Å². The highest BCUT2D eigenvalue weighted by Gasteiger charge is 2.23. The number of carboxylic acid groups (broad SMARTS) is 1. The van der Waals surface area contributed by atoms with E-state index in [9.17, 15) is 14.4 Å². The van der Waals surface area contributed by atoms with E-state index in [2.05, 4.69) is 0 Å². The van der Waals surface area contributed by atoms with Crippen LogP contribution in [-0.4, -0.2) is 36.1 Å². The van der Waals surface area contributed by atoms with Gasteiger partial charge in [0.15, 0.2) is 0 Å². The Bertz CT molecular complexity index is 586. The van der Waals surface area contributed by atoms with Gasteiger partial charge < -0.3 is 9.84 Å². The van der Waals surface area contributed by atoms with Gasteiger partial charge in [0.1, 0.15) is 11.9 Å². The van der Waals surface area contributed by atoms with Gasteiger partial charge in [0, 0.05) is 12.6 Å². The van der Waals surface area contributed by atoms with E-state index in [4.69, 9.17) is 9.84 Å². The average molecular weight is 293 g/mol. The number of benzene rings is 1. The molecule has 0 bridgehead atoms. The molecule has 0 saturated carbocycles. The van der Waals surface area contributed by atoms with Crippen molar-refractivity contribution in [1.29, 1.82) is 0 Å². The number of aromatic carboxylic acids is 1. The summed E-state index contributed by atoms with van der Waals surface area (Å²) in [6, 6.07) is 2.62. The molecule has 1 amide bonds. The zero-order chi connectivity index (χ0) is 16.4. The molecule has 1 N–H and O–H groups in total. The van der Waals surface area contributed by atoms with E-state index >= 15 is 0 Å². The number of carbonyl (C=O) groups excluding carboxylic acids is 2. The third kappa shape index (κ3) is 4.05. The molecule has 114 valence electrons. The Morgan fingerprint density at radius 3 is 2.29 bits per heavy atom. The van der Waals surface area contributed by atoms with Crippen molar-refractivity contribution in [3.63, 3.8) is 0 Å². The molecule has 0 unspecified atom stereocenters. The molecule has 0 atom stereocenters. The van der Waals surface area contributed by atoms with Gasteiger partial charge in [-0.3, -0.25) is 9.69 Å². The van der Waals surface area contributed by atoms with Crippen LogP contribution in [-0.2, 0) is 4.74 Å². The summed E-state index contributed by atoms with van der Waals surface area (Å²) in [5, 5.41) is 9.08. The highest BCUT2D eigenvalue weighted by Crippen LogP contribution is 2.25. The topological polar surface area (TPSA) is 83.9 Å². The third-order valence-electron chi connectivity index (χ3n) is 2.82. The lowest BCUT2D eigenvalue weighted by atomic mass is 10.0. The van der Waals surface area contributed by atoms with E-state index in [1.165, 1.54) is 24.1 Å². The van der Waals surface area contributed by atoms with Gasteiger partial charge in [-0.05, 0) is 45.4 Å². The van der Waals surface area contributed by atoms with Crippen molar-refractivity contribution in [2.45, 2.75) is 33.3 Å². The molecule has 0 heterocycles. The summed E-state index contributed by atoms with van der Waals surface area (Å²) < 4.78 is 5.23. The first-order chi connectivity index (χ1) is 9.56. The van der Waals surface area contributed by atoms with Gasteiger partial charge in [-0.2, -0.15) is 0 Å². The molecule has 0 saturated heterocycles. The number of aldehydes is 1. The second-order valence-corrected chi connectivity index (χ2v) is 5.67. The van der Waals surface area contributed by atoms with Crippen LogP contribution in [0.2, 0.25) is 0 Å². The molecule has 21 heavy (non-hydrogen) atoms. The average Bonchev–Trinajstić information content (AvgIpc) is 2.35. The smallest absolute Gasteiger partial charge is 0.414 e. The van der Waals surface area contributed by atoms with Crippen LogP contribution >= 0.6 is 0 Å². The zero-order valence-electron chi connectivity index (χ0n) is 12.8. The van der Waals surface area contributed by atoms with Gasteiger partial charge >= 0.3 is 12.1 Å². The normalized spacial score (nSPS) is 10.9. The van der Waals surface area contributed by atoms with Crippen LogP contribution in [0.15, 0.2) is 12.1 Å². The quantitative estimate of drug-likeness (QED) is 0.866. The second-order valence-electron chi connectivity index (χ2n) is 5.67. The van der Waals surface area contributed by atoms with Crippen LogP contribution in [0.5, 0.6) is 0 Å². The molecule has 0 aliphatic carbocycles. The molecule has 6 nitrogen and oxygen atoms in total. The van der Waals surface area contributed by atoms with Crippen molar-refractivity contribution in [2.75, 3.05) is 11.9 Å². The lowest BCUT2D eigenvalue weighted by molar-refractivity contribution is 0.0587. The van der Waals surface area contributed by atoms with Crippen LogP contribution < -0.4 is 4.90 Å². The Labute approximate surface area is 123 Å². The Balaban J connectivity index is 3.28. The van der Waals surface area contributed by atoms with Gasteiger partial charge in [-0.15, -0.1) is 0 Å². The number of hydrogen-bond acceptors (Lipinski definition) is 4. The van der Waals surface area contributed by atoms with E-state index < -0.39 is 17.7 Å². The number of amides is 1. The Morgan fingerprint density at radius 2 is 1.86 bits per heavy atom. The highest BCUT2D eigenvalue weighted by atomic mass is 16.6. The molecule has 0 fully saturated rings. The standard InChI is InChI=1S/C15H19NO5/c1-9-11(8-17)6-10(13(18)19)7-12(9)16(5)14(20)21-15(2,3)4/h6-8H,1-5H3,(H,18,19). The predicted octanol–water partition coefficient (Wildman–Crippen LogP) is 2.88. The summed E-state index contributed by atoms with van der Waals surface area (Å²) in [6.45, 7) is 6.84. The van der Waals surface area contributed by atoms with Crippen molar-refractivity contribution in [1.82, 2.24) is 0 Å². The minimum absolute atomic E-state index is 0.0619. The Hall–Kier alpha value is -2.37. The van der Waals surface area contributed by atoms with Crippen molar-refractivity contribution in [2.24, 2.45) is 0 Å². The van der Waals surface area contributed by atoms with Crippen molar-refractivity contribution in [3.05, 3.63) is 28.8 Å². The van der Waals surface area contributed by atoms with Crippen LogP contribution in [0.4, 0.5) is 10.5 Å². The number of carboxylic acids is 1. The van der Waals surface area contributed by atoms with Gasteiger partial charge in [0.2, 0.25) is 0 Å². The molecule has 6 heteroatoms. The molecule has 0 aliphatic heterocycles. The Kier molecular flexibility index (Phi) is 4.73. The fourth-order valence-electron chi connectivity index (χ4n) is 1.74. The summed E-state index contributed by atoms with van der Waals surface area (Å²) in [5.41, 5.74) is 0.333. The molecule has 1 rings (SSSR count). The fraction of sp³-hybridized carbons (Fsp3) is 0.400. The van der Waals surface area contributed by atoms with E-state index in [1.54, 1.807) is 27.7 Å². The van der Waals surface area contributed by atoms with Crippen LogP contribution in [0.25, 0.3) is 0 Å². The predicted molar refractivity (Wildman–Crippen MR) is 78.2 cm³/mol. The molecule has 0 radical (unpaired) electrons. The maximum absolute atomic E-state index is 12.1. The molecular weight excluding hydrogens is 274 g/mol. The van der Waals surface area contributed by atoms with E-state index in [-0.39, 0.29) is 11.1 Å². The van der Waals surface area contributed by atoms with Crippen molar-refractivity contribution in [3.8, 4) is 0 Å². The SMILES string of the molecule is Cc1c(C=O)cc(C(=O)O)cc1N(C)C(=O)OC(C)(C)C. The number of nitrogens with zero attached hydrogens (tertiary/aromatic N) is 1. The molecule has 0 aliphatic rings. The highest BCUT2D eigenvalue weighted by molar-refractivity contribution is 5.96. The summed E-state index contributed by atoms with van der Waals surface area (Å²) in [4.78, 5) is 35.4. The molecule has 1 aromatic carbocycles. The first-order valence-electron chi connectivity index (χ1n) is 6.36. The number of carbonyl (C=O) groups is 3. The maximum atomic E-state index is 12.1. The summed E-state index contributed by atoms with van der Waals surface area (Å²) in [7, 11) is 1.47. The summed E-state index contributed by atoms with van der Waals surface area (Å²) in [6.07, 6.45) is -0.0567. The number of anilines is 1. The van der Waals surface area contributed by atoms with Crippen LogP contribution in [0.1, 0.15) is 47.1 Å². The van der Waals surface area contributed by atoms with E-state index in [0.29, 0.717) is 17.5 Å². The molecular formula is C15H19NO5. The minimum Gasteiger partial charge on any atom is -0.478 e. The molecule has 0 aromatic heterocycles. The van der Waals surface area contributed by atoms with Crippen LogP contribution in [0.3, 0.4) is 0 Å².